The summed E-state index contributed by atoms with van der Waals surface area (Å²) in [6.45, 7) is 1.95. The van der Waals surface area contributed by atoms with Crippen molar-refractivity contribution >= 4 is 17.3 Å². The van der Waals surface area contributed by atoms with Crippen molar-refractivity contribution in [1.29, 1.82) is 5.26 Å². The second kappa shape index (κ2) is 7.22. The molecule has 4 rings (SSSR count). The molecule has 0 saturated carbocycles. The molecule has 1 unspecified atom stereocenters. The fourth-order valence-corrected chi connectivity index (χ4v) is 3.95. The number of aryl methyl sites for hydroxylation is 1. The number of benzene rings is 2. The van der Waals surface area contributed by atoms with Crippen LogP contribution in [-0.2, 0) is 0 Å². The van der Waals surface area contributed by atoms with E-state index in [9.17, 15) is 10.1 Å². The third kappa shape index (κ3) is 3.24. The van der Waals surface area contributed by atoms with Crippen LogP contribution in [0.25, 0.3) is 0 Å². The quantitative estimate of drug-likeness (QED) is 0.528. The molecule has 0 saturated heterocycles. The normalized spacial score (nSPS) is 15.4. The van der Waals surface area contributed by atoms with Crippen LogP contribution in [0.4, 0.5) is 0 Å². The molecule has 1 aromatic heterocycles. The van der Waals surface area contributed by atoms with Gasteiger partial charge in [0.25, 0.3) is 0 Å². The fourth-order valence-electron chi connectivity index (χ4n) is 3.10. The number of nitrogens with two attached hydrogens (primary N) is 1. The Balaban J connectivity index is 1.66. The summed E-state index contributed by atoms with van der Waals surface area (Å²) < 4.78 is 11.1. The van der Waals surface area contributed by atoms with Gasteiger partial charge in [0.1, 0.15) is 23.1 Å². The molecule has 2 heterocycles. The molecule has 138 valence electrons. The van der Waals surface area contributed by atoms with E-state index < -0.39 is 5.97 Å². The monoisotopic (exact) mass is 388 g/mol. The maximum Gasteiger partial charge on any atom is 0.343 e. The molecule has 28 heavy (non-hydrogen) atoms. The number of esters is 1. The van der Waals surface area contributed by atoms with E-state index in [1.165, 1.54) is 0 Å². The molecule has 0 bridgehead atoms. The van der Waals surface area contributed by atoms with Crippen molar-refractivity contribution in [2.45, 2.75) is 12.8 Å². The maximum atomic E-state index is 12.4. The van der Waals surface area contributed by atoms with Crippen LogP contribution in [0.1, 0.15) is 32.3 Å². The van der Waals surface area contributed by atoms with E-state index in [4.69, 9.17) is 15.2 Å². The number of carbonyl (C=O) groups excluding carboxylic acids is 1. The van der Waals surface area contributed by atoms with Gasteiger partial charge < -0.3 is 15.2 Å². The predicted molar refractivity (Wildman–Crippen MR) is 106 cm³/mol. The van der Waals surface area contributed by atoms with E-state index >= 15 is 0 Å². The Morgan fingerprint density at radius 2 is 2.00 bits per heavy atom. The van der Waals surface area contributed by atoms with Gasteiger partial charge in [-0.25, -0.2) is 4.79 Å². The van der Waals surface area contributed by atoms with Crippen LogP contribution in [0.2, 0.25) is 0 Å². The number of ether oxygens (including phenoxy) is 2. The number of nitriles is 1. The lowest BCUT2D eigenvalue weighted by atomic mass is 9.88. The minimum Gasteiger partial charge on any atom is -0.440 e. The van der Waals surface area contributed by atoms with Crippen molar-refractivity contribution in [3.05, 3.63) is 93.0 Å². The lowest BCUT2D eigenvalue weighted by molar-refractivity contribution is 0.0734. The predicted octanol–water partition coefficient (Wildman–Crippen LogP) is 4.49. The molecule has 2 N–H and O–H groups in total. The van der Waals surface area contributed by atoms with Gasteiger partial charge in [-0.3, -0.25) is 0 Å². The van der Waals surface area contributed by atoms with Gasteiger partial charge in [-0.15, -0.1) is 11.3 Å². The Morgan fingerprint density at radius 3 is 2.68 bits per heavy atom. The summed E-state index contributed by atoms with van der Waals surface area (Å²) in [5.41, 5.74) is 8.70. The van der Waals surface area contributed by atoms with Crippen LogP contribution >= 0.6 is 11.3 Å². The molecule has 6 heteroatoms. The van der Waals surface area contributed by atoms with E-state index in [1.807, 2.05) is 36.6 Å². The third-order valence-electron chi connectivity index (χ3n) is 4.52. The highest BCUT2D eigenvalue weighted by Crippen LogP contribution is 2.44. The summed E-state index contributed by atoms with van der Waals surface area (Å²) in [6.07, 6.45) is 0. The first-order valence-electron chi connectivity index (χ1n) is 8.60. The number of hydrogen-bond acceptors (Lipinski definition) is 6. The molecular formula is C22H16N2O3S. The standard InChI is InChI=1S/C22H16N2O3S/c1-13-4-6-14(7-5-13)22(25)26-15-8-9-16-18(11-15)27-21(24)17(12-23)20(16)19-3-2-10-28-19/h2-11,20H,24H2,1H3. The molecule has 1 aliphatic rings. The van der Waals surface area contributed by atoms with E-state index in [0.717, 1.165) is 16.0 Å². The smallest absolute Gasteiger partial charge is 0.343 e. The number of thiophene rings is 1. The first-order valence-corrected chi connectivity index (χ1v) is 9.48. The number of allylic oxidation sites excluding steroid dienone is 1. The fraction of sp³-hybridized carbons (Fsp3) is 0.0909. The second-order valence-electron chi connectivity index (χ2n) is 6.40. The first-order chi connectivity index (χ1) is 13.6. The van der Waals surface area contributed by atoms with E-state index in [0.29, 0.717) is 22.6 Å². The third-order valence-corrected chi connectivity index (χ3v) is 5.45. The van der Waals surface area contributed by atoms with Gasteiger partial charge in [0.2, 0.25) is 5.88 Å². The van der Waals surface area contributed by atoms with Crippen molar-refractivity contribution in [3.63, 3.8) is 0 Å². The van der Waals surface area contributed by atoms with Crippen molar-refractivity contribution in [2.24, 2.45) is 5.73 Å². The largest absolute Gasteiger partial charge is 0.440 e. The summed E-state index contributed by atoms with van der Waals surface area (Å²) in [5.74, 6) is 0.143. The molecule has 1 aliphatic heterocycles. The molecule has 1 atom stereocenters. The van der Waals surface area contributed by atoms with Gasteiger partial charge >= 0.3 is 5.97 Å². The SMILES string of the molecule is Cc1ccc(C(=O)Oc2ccc3c(c2)OC(N)=C(C#N)C3c2cccs2)cc1. The van der Waals surface area contributed by atoms with Crippen molar-refractivity contribution < 1.29 is 14.3 Å². The Labute approximate surface area is 166 Å². The van der Waals surface area contributed by atoms with Gasteiger partial charge in [0, 0.05) is 16.5 Å². The van der Waals surface area contributed by atoms with Crippen LogP contribution in [0.5, 0.6) is 11.5 Å². The highest BCUT2D eigenvalue weighted by atomic mass is 32.1. The number of hydrogen-bond donors (Lipinski definition) is 1. The summed E-state index contributed by atoms with van der Waals surface area (Å²) in [7, 11) is 0. The van der Waals surface area contributed by atoms with Crippen LogP contribution in [0.3, 0.4) is 0 Å². The molecule has 3 aromatic rings. The molecule has 5 nitrogen and oxygen atoms in total. The summed E-state index contributed by atoms with van der Waals surface area (Å²) >= 11 is 1.55. The Hall–Kier alpha value is -3.56. The molecule has 0 fully saturated rings. The summed E-state index contributed by atoms with van der Waals surface area (Å²) in [4.78, 5) is 13.4. The lowest BCUT2D eigenvalue weighted by Crippen LogP contribution is -2.20. The van der Waals surface area contributed by atoms with Crippen LogP contribution in [0, 0.1) is 18.3 Å². The average Bonchev–Trinajstić information content (AvgIpc) is 3.21. The topological polar surface area (TPSA) is 85.3 Å². The summed E-state index contributed by atoms with van der Waals surface area (Å²) in [6, 6.07) is 18.3. The van der Waals surface area contributed by atoms with Gasteiger partial charge in [-0.1, -0.05) is 29.8 Å². The van der Waals surface area contributed by atoms with Gasteiger partial charge in [0.15, 0.2) is 0 Å². The zero-order valence-electron chi connectivity index (χ0n) is 15.0. The van der Waals surface area contributed by atoms with Crippen molar-refractivity contribution in [3.8, 4) is 17.6 Å². The zero-order chi connectivity index (χ0) is 19.7. The number of rotatable bonds is 3. The van der Waals surface area contributed by atoms with Crippen LogP contribution in [0.15, 0.2) is 71.4 Å². The lowest BCUT2D eigenvalue weighted by Gasteiger charge is -2.25. The average molecular weight is 388 g/mol. The first kappa shape index (κ1) is 17.8. The van der Waals surface area contributed by atoms with Gasteiger partial charge in [-0.2, -0.15) is 5.26 Å². The minimum atomic E-state index is -0.452. The number of nitrogens with zero attached hydrogens (tertiary/aromatic N) is 1. The zero-order valence-corrected chi connectivity index (χ0v) is 15.8. The Bertz CT molecular complexity index is 1110. The van der Waals surface area contributed by atoms with Crippen LogP contribution < -0.4 is 15.2 Å². The minimum absolute atomic E-state index is 0.0652. The van der Waals surface area contributed by atoms with Gasteiger partial charge in [-0.05, 0) is 36.6 Å². The highest BCUT2D eigenvalue weighted by molar-refractivity contribution is 7.10. The summed E-state index contributed by atoms with van der Waals surface area (Å²) in [5, 5.41) is 11.5. The van der Waals surface area contributed by atoms with Crippen molar-refractivity contribution in [1.82, 2.24) is 0 Å². The number of carbonyl (C=O) groups is 1. The molecule has 2 aromatic carbocycles. The van der Waals surface area contributed by atoms with E-state index in [1.54, 1.807) is 41.7 Å². The van der Waals surface area contributed by atoms with Crippen molar-refractivity contribution in [2.75, 3.05) is 0 Å². The Kier molecular flexibility index (Phi) is 4.60. The molecule has 0 amide bonds. The maximum absolute atomic E-state index is 12.4. The van der Waals surface area contributed by atoms with Gasteiger partial charge in [0.05, 0.1) is 11.5 Å². The molecule has 0 aliphatic carbocycles. The van der Waals surface area contributed by atoms with E-state index in [2.05, 4.69) is 6.07 Å². The number of fused-ring (bicyclic) bond motifs is 1. The van der Waals surface area contributed by atoms with E-state index in [-0.39, 0.29) is 11.8 Å². The molecule has 0 spiro atoms. The Morgan fingerprint density at radius 1 is 1.21 bits per heavy atom. The molecular weight excluding hydrogens is 372 g/mol. The highest BCUT2D eigenvalue weighted by Gasteiger charge is 2.31. The molecule has 0 radical (unpaired) electrons. The second-order valence-corrected chi connectivity index (χ2v) is 7.37. The van der Waals surface area contributed by atoms with Crippen LogP contribution in [-0.4, -0.2) is 5.97 Å².